The topological polar surface area (TPSA) is 78.0 Å². The molecular formula is C16H14ClF3N6. The first-order chi connectivity index (χ1) is 12.5. The molecular weight excluding hydrogens is 369 g/mol. The molecule has 0 atom stereocenters. The van der Waals surface area contributed by atoms with E-state index in [4.69, 9.17) is 11.6 Å². The van der Waals surface area contributed by atoms with E-state index in [1.807, 2.05) is 0 Å². The highest BCUT2D eigenvalue weighted by atomic mass is 35.5. The average Bonchev–Trinajstić information content (AvgIpc) is 3.04. The van der Waals surface area contributed by atoms with Crippen LogP contribution < -0.4 is 10.6 Å². The van der Waals surface area contributed by atoms with Gasteiger partial charge in [-0.3, -0.25) is 4.99 Å². The van der Waals surface area contributed by atoms with Crippen molar-refractivity contribution in [2.45, 2.75) is 6.43 Å². The maximum Gasteiger partial charge on any atom is 0.255 e. The Morgan fingerprint density at radius 2 is 2.15 bits per heavy atom. The van der Waals surface area contributed by atoms with Gasteiger partial charge in [-0.15, -0.1) is 0 Å². The normalized spacial score (nSPS) is 12.0. The Hall–Kier alpha value is -2.81. The zero-order chi connectivity index (χ0) is 18.7. The molecule has 136 valence electrons. The van der Waals surface area contributed by atoms with Crippen molar-refractivity contribution in [1.82, 2.24) is 15.0 Å². The van der Waals surface area contributed by atoms with Gasteiger partial charge in [0.1, 0.15) is 11.7 Å². The molecule has 2 heterocycles. The fourth-order valence-electron chi connectivity index (χ4n) is 2.32. The van der Waals surface area contributed by atoms with Crippen LogP contribution in [0.5, 0.6) is 0 Å². The summed E-state index contributed by atoms with van der Waals surface area (Å²) in [4.78, 5) is 15.4. The van der Waals surface area contributed by atoms with Gasteiger partial charge in [0.05, 0.1) is 17.1 Å². The Kier molecular flexibility index (Phi) is 5.27. The number of nitrogens with one attached hydrogen (secondary N) is 3. The van der Waals surface area contributed by atoms with Crippen molar-refractivity contribution in [3.05, 3.63) is 46.9 Å². The lowest BCUT2D eigenvalue weighted by molar-refractivity contribution is 0.163. The van der Waals surface area contributed by atoms with E-state index in [1.54, 1.807) is 13.1 Å². The molecule has 2 aromatic heterocycles. The van der Waals surface area contributed by atoms with Gasteiger partial charge < -0.3 is 15.6 Å². The quantitative estimate of drug-likeness (QED) is 0.461. The molecule has 0 aliphatic carbocycles. The Morgan fingerprint density at radius 1 is 1.35 bits per heavy atom. The first kappa shape index (κ1) is 18.0. The fourth-order valence-corrected chi connectivity index (χ4v) is 2.50. The lowest BCUT2D eigenvalue weighted by Crippen LogP contribution is -2.14. The second-order valence-corrected chi connectivity index (χ2v) is 5.65. The van der Waals surface area contributed by atoms with Crippen LogP contribution >= 0.6 is 11.6 Å². The first-order valence-corrected chi connectivity index (χ1v) is 7.91. The number of alkyl halides is 2. The number of aliphatic imine (C=N–C) groups is 1. The van der Waals surface area contributed by atoms with Crippen molar-refractivity contribution in [3.8, 4) is 0 Å². The lowest BCUT2D eigenvalue weighted by Gasteiger charge is -2.10. The molecule has 3 aromatic rings. The van der Waals surface area contributed by atoms with Crippen LogP contribution in [0.2, 0.25) is 5.02 Å². The summed E-state index contributed by atoms with van der Waals surface area (Å²) in [5.41, 5.74) is 2.03. The Balaban J connectivity index is 1.92. The largest absolute Gasteiger partial charge is 0.350 e. The van der Waals surface area contributed by atoms with Crippen molar-refractivity contribution < 1.29 is 13.2 Å². The molecule has 0 spiro atoms. The average molecular weight is 383 g/mol. The van der Waals surface area contributed by atoms with Gasteiger partial charge in [0.2, 0.25) is 5.95 Å². The van der Waals surface area contributed by atoms with Crippen molar-refractivity contribution >= 4 is 40.2 Å². The number of hydrogen-bond donors (Lipinski definition) is 3. The van der Waals surface area contributed by atoms with Crippen LogP contribution in [0.3, 0.4) is 0 Å². The summed E-state index contributed by atoms with van der Waals surface area (Å²) < 4.78 is 38.0. The number of H-pyrrole nitrogens is 1. The second-order valence-electron chi connectivity index (χ2n) is 5.24. The van der Waals surface area contributed by atoms with Gasteiger partial charge in [-0.1, -0.05) is 11.6 Å². The maximum absolute atomic E-state index is 13.3. The summed E-state index contributed by atoms with van der Waals surface area (Å²) in [5, 5.41) is 5.53. The SMILES string of the molecule is CN=C(Nc1ccc(F)c(Cl)c1)c1ccnc2nc(NCC(F)F)[nH]c12. The highest BCUT2D eigenvalue weighted by Crippen LogP contribution is 2.22. The third-order valence-electron chi connectivity index (χ3n) is 3.48. The molecule has 0 bridgehead atoms. The molecule has 0 aliphatic heterocycles. The zero-order valence-corrected chi connectivity index (χ0v) is 14.3. The number of imidazole rings is 1. The highest BCUT2D eigenvalue weighted by molar-refractivity contribution is 6.31. The molecule has 26 heavy (non-hydrogen) atoms. The van der Waals surface area contributed by atoms with E-state index in [-0.39, 0.29) is 11.0 Å². The third-order valence-corrected chi connectivity index (χ3v) is 3.77. The number of anilines is 2. The molecule has 6 nitrogen and oxygen atoms in total. The van der Waals surface area contributed by atoms with E-state index in [0.717, 1.165) is 0 Å². The molecule has 0 fully saturated rings. The second kappa shape index (κ2) is 7.61. The molecule has 0 amide bonds. The summed E-state index contributed by atoms with van der Waals surface area (Å²) >= 11 is 5.79. The third kappa shape index (κ3) is 3.88. The number of aromatic amines is 1. The highest BCUT2D eigenvalue weighted by Gasteiger charge is 2.14. The molecule has 0 aliphatic rings. The molecule has 0 saturated carbocycles. The number of rotatable bonds is 5. The van der Waals surface area contributed by atoms with E-state index in [1.165, 1.54) is 24.4 Å². The minimum Gasteiger partial charge on any atom is -0.350 e. The predicted molar refractivity (Wildman–Crippen MR) is 95.9 cm³/mol. The van der Waals surface area contributed by atoms with E-state index in [0.29, 0.717) is 28.3 Å². The van der Waals surface area contributed by atoms with Crippen LogP contribution in [-0.2, 0) is 0 Å². The molecule has 3 N–H and O–H groups in total. The number of aromatic nitrogens is 3. The van der Waals surface area contributed by atoms with E-state index < -0.39 is 18.8 Å². The number of halogens is 4. The Morgan fingerprint density at radius 3 is 2.85 bits per heavy atom. The van der Waals surface area contributed by atoms with Crippen molar-refractivity contribution in [2.24, 2.45) is 4.99 Å². The summed E-state index contributed by atoms with van der Waals surface area (Å²) in [7, 11) is 1.58. The zero-order valence-electron chi connectivity index (χ0n) is 13.5. The lowest BCUT2D eigenvalue weighted by atomic mass is 10.2. The van der Waals surface area contributed by atoms with Gasteiger partial charge in [0.15, 0.2) is 5.65 Å². The van der Waals surface area contributed by atoms with E-state index >= 15 is 0 Å². The van der Waals surface area contributed by atoms with Crippen LogP contribution in [-0.4, -0.2) is 40.8 Å². The molecule has 1 aromatic carbocycles. The number of pyridine rings is 1. The van der Waals surface area contributed by atoms with Crippen LogP contribution in [0, 0.1) is 5.82 Å². The fraction of sp³-hybridized carbons (Fsp3) is 0.188. The van der Waals surface area contributed by atoms with Crippen LogP contribution in [0.1, 0.15) is 5.56 Å². The minimum absolute atomic E-state index is 0.0228. The van der Waals surface area contributed by atoms with Gasteiger partial charge >= 0.3 is 0 Å². The van der Waals surface area contributed by atoms with Crippen molar-refractivity contribution in [3.63, 3.8) is 0 Å². The van der Waals surface area contributed by atoms with Gasteiger partial charge in [-0.05, 0) is 24.3 Å². The summed E-state index contributed by atoms with van der Waals surface area (Å²) in [6.45, 7) is -0.532. The van der Waals surface area contributed by atoms with Crippen LogP contribution in [0.25, 0.3) is 11.2 Å². The van der Waals surface area contributed by atoms with Gasteiger partial charge in [0, 0.05) is 24.5 Å². The van der Waals surface area contributed by atoms with E-state index in [9.17, 15) is 13.2 Å². The Bertz CT molecular complexity index is 956. The smallest absolute Gasteiger partial charge is 0.255 e. The Labute approximate surface area is 151 Å². The van der Waals surface area contributed by atoms with Gasteiger partial charge in [-0.2, -0.15) is 4.98 Å². The van der Waals surface area contributed by atoms with Crippen molar-refractivity contribution in [2.75, 3.05) is 24.2 Å². The van der Waals surface area contributed by atoms with Crippen LogP contribution in [0.4, 0.5) is 24.8 Å². The number of benzene rings is 1. The number of amidine groups is 1. The summed E-state index contributed by atoms with van der Waals surface area (Å²) in [5.74, 6) is 0.103. The molecule has 0 saturated heterocycles. The molecule has 3 rings (SSSR count). The molecule has 0 radical (unpaired) electrons. The standard InChI is InChI=1S/C16H14ClF3N6/c1-21-14(24-8-2-3-11(18)10(17)6-8)9-4-5-22-15-13(9)25-16(26-15)23-7-12(19)20/h2-6,12H,7H2,1H3,(H,21,24)(H2,22,23,25,26). The van der Waals surface area contributed by atoms with Gasteiger partial charge in [-0.25, -0.2) is 18.2 Å². The van der Waals surface area contributed by atoms with Crippen LogP contribution in [0.15, 0.2) is 35.5 Å². The van der Waals surface area contributed by atoms with Crippen molar-refractivity contribution in [1.29, 1.82) is 0 Å². The maximum atomic E-state index is 13.3. The number of nitrogens with zero attached hydrogens (tertiary/aromatic N) is 3. The summed E-state index contributed by atoms with van der Waals surface area (Å²) in [6.07, 6.45) is -0.979. The monoisotopic (exact) mass is 382 g/mol. The molecule has 10 heteroatoms. The van der Waals surface area contributed by atoms with E-state index in [2.05, 4.69) is 30.6 Å². The summed E-state index contributed by atoms with van der Waals surface area (Å²) in [6, 6.07) is 5.89. The minimum atomic E-state index is -2.51. The molecule has 0 unspecified atom stereocenters. The van der Waals surface area contributed by atoms with Gasteiger partial charge in [0.25, 0.3) is 6.43 Å². The first-order valence-electron chi connectivity index (χ1n) is 7.54. The number of hydrogen-bond acceptors (Lipinski definition) is 4. The predicted octanol–water partition coefficient (Wildman–Crippen LogP) is 3.92. The number of fused-ring (bicyclic) bond motifs is 1.